The van der Waals surface area contributed by atoms with E-state index in [0.29, 0.717) is 31.0 Å². The average Bonchev–Trinajstić information content (AvgIpc) is 2.85. The van der Waals surface area contributed by atoms with Crippen molar-refractivity contribution in [1.82, 2.24) is 14.9 Å². The third kappa shape index (κ3) is 3.10. The number of methoxy groups -OCH3 is 1. The number of carboxylic acid groups (broad SMARTS) is 1. The summed E-state index contributed by atoms with van der Waals surface area (Å²) in [6, 6.07) is 0. The van der Waals surface area contributed by atoms with Crippen molar-refractivity contribution in [2.75, 3.05) is 13.7 Å². The van der Waals surface area contributed by atoms with Gasteiger partial charge < -0.3 is 24.5 Å². The van der Waals surface area contributed by atoms with Gasteiger partial charge in [0.2, 0.25) is 0 Å². The van der Waals surface area contributed by atoms with Crippen LogP contribution < -0.4 is 5.32 Å². The molecule has 0 spiro atoms. The Kier molecular flexibility index (Phi) is 4.39. The normalized spacial score (nSPS) is 20.5. The summed E-state index contributed by atoms with van der Waals surface area (Å²) in [7, 11) is 1.29. The standard InChI is InChI=1S/C14H15N3O5S/c1-21-14(20)8-4-15-10(13(18)19)7-23-12(8)9-5-17-2-3-22-6-11(17)16-9/h4-5,7,12,15H,2-3,6H2,1H3,(H,18,19). The molecule has 23 heavy (non-hydrogen) atoms. The number of carbonyl (C=O) groups is 2. The first-order chi connectivity index (χ1) is 11.1. The van der Waals surface area contributed by atoms with Crippen LogP contribution in [0.5, 0.6) is 0 Å². The summed E-state index contributed by atoms with van der Waals surface area (Å²) in [5.41, 5.74) is 0.962. The van der Waals surface area contributed by atoms with Crippen LogP contribution in [-0.2, 0) is 32.2 Å². The zero-order valence-electron chi connectivity index (χ0n) is 12.3. The van der Waals surface area contributed by atoms with Gasteiger partial charge in [-0.05, 0) is 0 Å². The van der Waals surface area contributed by atoms with Crippen molar-refractivity contribution in [1.29, 1.82) is 0 Å². The lowest BCUT2D eigenvalue weighted by atomic mass is 10.1. The maximum Gasteiger partial charge on any atom is 0.352 e. The van der Waals surface area contributed by atoms with E-state index in [-0.39, 0.29) is 5.70 Å². The number of fused-ring (bicyclic) bond motifs is 1. The lowest BCUT2D eigenvalue weighted by Crippen LogP contribution is -2.17. The number of hydrogen-bond donors (Lipinski definition) is 2. The Morgan fingerprint density at radius 1 is 1.57 bits per heavy atom. The van der Waals surface area contributed by atoms with Gasteiger partial charge in [-0.25, -0.2) is 14.6 Å². The van der Waals surface area contributed by atoms with Gasteiger partial charge in [0, 0.05) is 24.3 Å². The Labute approximate surface area is 136 Å². The molecule has 1 unspecified atom stereocenters. The number of carbonyl (C=O) groups excluding carboxylic acids is 1. The largest absolute Gasteiger partial charge is 0.477 e. The van der Waals surface area contributed by atoms with Gasteiger partial charge in [-0.2, -0.15) is 0 Å². The number of ether oxygens (including phenoxy) is 2. The van der Waals surface area contributed by atoms with Gasteiger partial charge in [0.05, 0.1) is 30.2 Å². The summed E-state index contributed by atoms with van der Waals surface area (Å²) < 4.78 is 12.2. The van der Waals surface area contributed by atoms with Crippen molar-refractivity contribution >= 4 is 23.7 Å². The summed E-state index contributed by atoms with van der Waals surface area (Å²) in [5, 5.41) is 12.7. The number of carboxylic acids is 1. The van der Waals surface area contributed by atoms with Crippen LogP contribution in [0, 0.1) is 0 Å². The maximum absolute atomic E-state index is 12.0. The summed E-state index contributed by atoms with van der Waals surface area (Å²) in [6.07, 6.45) is 3.23. The first-order valence-electron chi connectivity index (χ1n) is 6.87. The van der Waals surface area contributed by atoms with Crippen molar-refractivity contribution in [2.45, 2.75) is 18.4 Å². The zero-order chi connectivity index (χ0) is 16.4. The summed E-state index contributed by atoms with van der Waals surface area (Å²) in [4.78, 5) is 27.7. The molecule has 1 atom stereocenters. The molecule has 0 saturated carbocycles. The maximum atomic E-state index is 12.0. The Balaban J connectivity index is 1.97. The summed E-state index contributed by atoms with van der Waals surface area (Å²) in [5.74, 6) is -0.843. The molecule has 9 heteroatoms. The van der Waals surface area contributed by atoms with Gasteiger partial charge in [-0.1, -0.05) is 0 Å². The molecule has 3 rings (SSSR count). The molecule has 0 saturated heterocycles. The van der Waals surface area contributed by atoms with E-state index >= 15 is 0 Å². The monoisotopic (exact) mass is 337 g/mol. The first kappa shape index (κ1) is 15.6. The number of imidazole rings is 1. The number of rotatable bonds is 3. The van der Waals surface area contributed by atoms with Gasteiger partial charge in [-0.3, -0.25) is 0 Å². The van der Waals surface area contributed by atoms with E-state index in [9.17, 15) is 9.59 Å². The highest BCUT2D eigenvalue weighted by Gasteiger charge is 2.29. The Morgan fingerprint density at radius 2 is 2.39 bits per heavy atom. The minimum Gasteiger partial charge on any atom is -0.477 e. The highest BCUT2D eigenvalue weighted by atomic mass is 32.2. The quantitative estimate of drug-likeness (QED) is 0.780. The molecular formula is C14H15N3O5S. The van der Waals surface area contributed by atoms with E-state index in [2.05, 4.69) is 10.3 Å². The molecule has 8 nitrogen and oxygen atoms in total. The fourth-order valence-electron chi connectivity index (χ4n) is 2.34. The molecule has 3 heterocycles. The number of nitrogens with zero attached hydrogens (tertiary/aromatic N) is 2. The van der Waals surface area contributed by atoms with Crippen molar-refractivity contribution in [2.24, 2.45) is 0 Å². The number of esters is 1. The number of aliphatic carboxylic acids is 1. The SMILES string of the molecule is COC(=O)C1=CNC(C(=O)O)=CSC1c1cn2c(n1)COCC2. The first-order valence-corrected chi connectivity index (χ1v) is 7.82. The van der Waals surface area contributed by atoms with E-state index in [1.807, 2.05) is 10.8 Å². The fourth-order valence-corrected chi connectivity index (χ4v) is 3.34. The number of thioether (sulfide) groups is 1. The molecule has 0 bridgehead atoms. The van der Waals surface area contributed by atoms with Crippen molar-refractivity contribution < 1.29 is 24.2 Å². The molecule has 0 radical (unpaired) electrons. The predicted molar refractivity (Wildman–Crippen MR) is 81.2 cm³/mol. The zero-order valence-corrected chi connectivity index (χ0v) is 13.1. The third-order valence-corrected chi connectivity index (χ3v) is 4.63. The Morgan fingerprint density at radius 3 is 3.09 bits per heavy atom. The third-order valence-electron chi connectivity index (χ3n) is 3.49. The molecule has 122 valence electrons. The molecule has 1 aromatic rings. The van der Waals surface area contributed by atoms with Gasteiger partial charge in [0.25, 0.3) is 0 Å². The van der Waals surface area contributed by atoms with Crippen LogP contribution in [0.15, 0.2) is 29.1 Å². The minimum absolute atomic E-state index is 0.00814. The lowest BCUT2D eigenvalue weighted by Gasteiger charge is -2.13. The summed E-state index contributed by atoms with van der Waals surface area (Å²) >= 11 is 1.20. The molecule has 1 aromatic heterocycles. The molecule has 2 aliphatic rings. The van der Waals surface area contributed by atoms with Crippen molar-refractivity contribution in [3.05, 3.63) is 40.6 Å². The number of aromatic nitrogens is 2. The second-order valence-electron chi connectivity index (χ2n) is 4.92. The predicted octanol–water partition coefficient (Wildman–Crippen LogP) is 0.774. The Bertz CT molecular complexity index is 686. The van der Waals surface area contributed by atoms with Crippen LogP contribution >= 0.6 is 11.8 Å². The fraction of sp³-hybridized carbons (Fsp3) is 0.357. The number of hydrogen-bond acceptors (Lipinski definition) is 7. The van der Waals surface area contributed by atoms with Gasteiger partial charge in [0.15, 0.2) is 0 Å². The van der Waals surface area contributed by atoms with E-state index in [1.165, 1.54) is 30.5 Å². The minimum atomic E-state index is -1.10. The molecule has 0 aliphatic carbocycles. The highest BCUT2D eigenvalue weighted by Crippen LogP contribution is 2.38. The second kappa shape index (κ2) is 6.47. The van der Waals surface area contributed by atoms with Gasteiger partial charge in [-0.15, -0.1) is 11.8 Å². The van der Waals surface area contributed by atoms with Crippen LogP contribution in [0.1, 0.15) is 16.8 Å². The van der Waals surface area contributed by atoms with Crippen molar-refractivity contribution in [3.63, 3.8) is 0 Å². The molecule has 2 aliphatic heterocycles. The van der Waals surface area contributed by atoms with Crippen LogP contribution in [0.4, 0.5) is 0 Å². The van der Waals surface area contributed by atoms with Gasteiger partial charge in [0.1, 0.15) is 18.1 Å². The number of nitrogens with one attached hydrogen (secondary N) is 1. The second-order valence-corrected chi connectivity index (χ2v) is 5.90. The van der Waals surface area contributed by atoms with Crippen LogP contribution in [0.25, 0.3) is 0 Å². The molecular weight excluding hydrogens is 322 g/mol. The Hall–Kier alpha value is -2.26. The average molecular weight is 337 g/mol. The topological polar surface area (TPSA) is 103 Å². The molecule has 0 amide bonds. The van der Waals surface area contributed by atoms with Gasteiger partial charge >= 0.3 is 11.9 Å². The summed E-state index contributed by atoms with van der Waals surface area (Å²) in [6.45, 7) is 1.74. The highest BCUT2D eigenvalue weighted by molar-refractivity contribution is 8.02. The van der Waals surface area contributed by atoms with Crippen LogP contribution in [0.3, 0.4) is 0 Å². The molecule has 0 aromatic carbocycles. The van der Waals surface area contributed by atoms with E-state index < -0.39 is 17.2 Å². The lowest BCUT2D eigenvalue weighted by molar-refractivity contribution is -0.136. The van der Waals surface area contributed by atoms with E-state index in [1.54, 1.807) is 0 Å². The van der Waals surface area contributed by atoms with E-state index in [4.69, 9.17) is 14.6 Å². The molecule has 0 fully saturated rings. The smallest absolute Gasteiger partial charge is 0.352 e. The molecule has 2 N–H and O–H groups in total. The van der Waals surface area contributed by atoms with Crippen LogP contribution in [0.2, 0.25) is 0 Å². The van der Waals surface area contributed by atoms with E-state index in [0.717, 1.165) is 5.82 Å². The van der Waals surface area contributed by atoms with Crippen LogP contribution in [-0.4, -0.2) is 40.3 Å². The van der Waals surface area contributed by atoms with Crippen molar-refractivity contribution in [3.8, 4) is 0 Å².